The molecule has 0 unspecified atom stereocenters. The van der Waals surface area contributed by atoms with Gasteiger partial charge in [-0.25, -0.2) is 0 Å². The molecule has 1 N–H and O–H groups in total. The molecule has 0 amide bonds. The molecule has 19 heavy (non-hydrogen) atoms. The number of ether oxygens (including phenoxy) is 1. The minimum atomic E-state index is 0.237. The van der Waals surface area contributed by atoms with Crippen LogP contribution in [0.2, 0.25) is 0 Å². The smallest absolute Gasteiger partial charge is 0.118 e. The second-order valence-electron chi connectivity index (χ2n) is 5.75. The summed E-state index contributed by atoms with van der Waals surface area (Å²) < 4.78 is 5.17. The lowest BCUT2D eigenvalue weighted by atomic mass is 10.0. The van der Waals surface area contributed by atoms with Crippen molar-refractivity contribution in [2.75, 3.05) is 27.2 Å². The Balaban J connectivity index is 2.32. The van der Waals surface area contributed by atoms with Gasteiger partial charge in [0.1, 0.15) is 5.75 Å². The van der Waals surface area contributed by atoms with Crippen molar-refractivity contribution in [3.8, 4) is 5.75 Å². The van der Waals surface area contributed by atoms with Gasteiger partial charge in [0.05, 0.1) is 7.11 Å². The Hall–Kier alpha value is -1.06. The molecule has 1 aromatic carbocycles. The summed E-state index contributed by atoms with van der Waals surface area (Å²) in [6.07, 6.45) is 1.15. The Labute approximate surface area is 118 Å². The third-order valence-corrected chi connectivity index (χ3v) is 3.59. The number of hydrogen-bond donors (Lipinski definition) is 1. The van der Waals surface area contributed by atoms with E-state index in [0.29, 0.717) is 0 Å². The third kappa shape index (κ3) is 6.08. The third-order valence-electron chi connectivity index (χ3n) is 3.59. The molecule has 0 aliphatic rings. The van der Waals surface area contributed by atoms with Crippen molar-refractivity contribution in [3.63, 3.8) is 0 Å². The molecular weight excluding hydrogens is 236 g/mol. The Morgan fingerprint density at radius 3 is 2.37 bits per heavy atom. The summed E-state index contributed by atoms with van der Waals surface area (Å²) >= 11 is 0. The highest BCUT2D eigenvalue weighted by Gasteiger charge is 2.13. The van der Waals surface area contributed by atoms with Crippen LogP contribution in [-0.4, -0.2) is 37.7 Å². The van der Waals surface area contributed by atoms with Crippen molar-refractivity contribution in [2.24, 2.45) is 0 Å². The first-order valence-corrected chi connectivity index (χ1v) is 7.03. The van der Waals surface area contributed by atoms with Crippen molar-refractivity contribution in [1.82, 2.24) is 10.2 Å². The topological polar surface area (TPSA) is 24.5 Å². The number of hydrogen-bond acceptors (Lipinski definition) is 3. The molecule has 0 spiro atoms. The molecule has 1 rings (SSSR count). The van der Waals surface area contributed by atoms with Gasteiger partial charge in [-0.3, -0.25) is 0 Å². The predicted molar refractivity (Wildman–Crippen MR) is 81.7 cm³/mol. The van der Waals surface area contributed by atoms with E-state index in [9.17, 15) is 0 Å². The van der Waals surface area contributed by atoms with Crippen molar-refractivity contribution >= 4 is 0 Å². The van der Waals surface area contributed by atoms with Gasteiger partial charge < -0.3 is 15.0 Å². The highest BCUT2D eigenvalue weighted by atomic mass is 16.5. The van der Waals surface area contributed by atoms with E-state index in [2.05, 4.69) is 50.2 Å². The zero-order valence-corrected chi connectivity index (χ0v) is 13.0. The Morgan fingerprint density at radius 1 is 1.21 bits per heavy atom. The van der Waals surface area contributed by atoms with Gasteiger partial charge in [0.2, 0.25) is 0 Å². The minimum Gasteiger partial charge on any atom is -0.497 e. The fourth-order valence-electron chi connectivity index (χ4n) is 1.83. The normalized spacial score (nSPS) is 11.9. The summed E-state index contributed by atoms with van der Waals surface area (Å²) in [7, 11) is 3.85. The second kappa shape index (κ2) is 7.51. The standard InChI is InChI=1S/C16H28N2O/c1-6-16(2,3)17-11-12-18(4)13-14-7-9-15(19-5)10-8-14/h7-10,17H,6,11-13H2,1-5H3. The SMILES string of the molecule is CCC(C)(C)NCCN(C)Cc1ccc(OC)cc1. The van der Waals surface area contributed by atoms with E-state index in [0.717, 1.165) is 31.8 Å². The van der Waals surface area contributed by atoms with Gasteiger partial charge >= 0.3 is 0 Å². The van der Waals surface area contributed by atoms with Gasteiger partial charge in [0, 0.05) is 25.2 Å². The van der Waals surface area contributed by atoms with Crippen LogP contribution in [0.5, 0.6) is 5.75 Å². The first kappa shape index (κ1) is 16.0. The monoisotopic (exact) mass is 264 g/mol. The van der Waals surface area contributed by atoms with Crippen molar-refractivity contribution < 1.29 is 4.74 Å². The van der Waals surface area contributed by atoms with E-state index in [1.165, 1.54) is 5.56 Å². The number of nitrogens with zero attached hydrogens (tertiary/aromatic N) is 1. The summed E-state index contributed by atoms with van der Waals surface area (Å²) in [5.74, 6) is 0.915. The molecule has 0 aliphatic heterocycles. The van der Waals surface area contributed by atoms with Gasteiger partial charge in [-0.1, -0.05) is 19.1 Å². The minimum absolute atomic E-state index is 0.237. The van der Waals surface area contributed by atoms with Gasteiger partial charge in [0.15, 0.2) is 0 Å². The molecule has 0 atom stereocenters. The zero-order valence-electron chi connectivity index (χ0n) is 13.0. The van der Waals surface area contributed by atoms with E-state index in [1.807, 2.05) is 12.1 Å². The maximum atomic E-state index is 5.17. The molecule has 3 heteroatoms. The maximum absolute atomic E-state index is 5.17. The molecule has 0 aromatic heterocycles. The number of nitrogens with one attached hydrogen (secondary N) is 1. The lowest BCUT2D eigenvalue weighted by Crippen LogP contribution is -2.42. The fourth-order valence-corrected chi connectivity index (χ4v) is 1.83. The van der Waals surface area contributed by atoms with E-state index < -0.39 is 0 Å². The first-order valence-electron chi connectivity index (χ1n) is 7.03. The quantitative estimate of drug-likeness (QED) is 0.781. The van der Waals surface area contributed by atoms with Crippen molar-refractivity contribution in [1.29, 1.82) is 0 Å². The van der Waals surface area contributed by atoms with Crippen LogP contribution in [0, 0.1) is 0 Å². The van der Waals surface area contributed by atoms with Crippen LogP contribution >= 0.6 is 0 Å². The highest BCUT2D eigenvalue weighted by Crippen LogP contribution is 2.12. The van der Waals surface area contributed by atoms with Gasteiger partial charge in [-0.2, -0.15) is 0 Å². The number of rotatable bonds is 8. The highest BCUT2D eigenvalue weighted by molar-refractivity contribution is 5.26. The summed E-state index contributed by atoms with van der Waals surface area (Å²) in [6.45, 7) is 9.75. The Bertz CT molecular complexity index is 360. The first-order chi connectivity index (χ1) is 8.96. The van der Waals surface area contributed by atoms with Crippen LogP contribution < -0.4 is 10.1 Å². The van der Waals surface area contributed by atoms with Crippen LogP contribution in [0.3, 0.4) is 0 Å². The fraction of sp³-hybridized carbons (Fsp3) is 0.625. The van der Waals surface area contributed by atoms with Crippen LogP contribution in [0.25, 0.3) is 0 Å². The lowest BCUT2D eigenvalue weighted by molar-refractivity contribution is 0.293. The number of benzene rings is 1. The van der Waals surface area contributed by atoms with Gasteiger partial charge in [0.25, 0.3) is 0 Å². The molecule has 1 aromatic rings. The number of likely N-dealkylation sites (N-methyl/N-ethyl adjacent to an activating group) is 1. The van der Waals surface area contributed by atoms with E-state index in [1.54, 1.807) is 7.11 Å². The molecule has 0 aliphatic carbocycles. The summed E-state index contributed by atoms with van der Waals surface area (Å²) in [6, 6.07) is 8.28. The summed E-state index contributed by atoms with van der Waals surface area (Å²) in [4.78, 5) is 2.33. The molecule has 0 fully saturated rings. The Morgan fingerprint density at radius 2 is 1.84 bits per heavy atom. The molecule has 0 saturated carbocycles. The largest absolute Gasteiger partial charge is 0.497 e. The molecule has 0 bridgehead atoms. The average Bonchev–Trinajstić information content (AvgIpc) is 2.39. The van der Waals surface area contributed by atoms with Crippen LogP contribution in [0.4, 0.5) is 0 Å². The predicted octanol–water partition coefficient (Wildman–Crippen LogP) is 2.91. The van der Waals surface area contributed by atoms with Gasteiger partial charge in [-0.15, -0.1) is 0 Å². The zero-order chi connectivity index (χ0) is 14.3. The molecule has 3 nitrogen and oxygen atoms in total. The Kier molecular flexibility index (Phi) is 6.32. The van der Waals surface area contributed by atoms with Crippen molar-refractivity contribution in [2.45, 2.75) is 39.3 Å². The maximum Gasteiger partial charge on any atom is 0.118 e. The van der Waals surface area contributed by atoms with E-state index >= 15 is 0 Å². The van der Waals surface area contributed by atoms with E-state index in [4.69, 9.17) is 4.74 Å². The van der Waals surface area contributed by atoms with Crippen LogP contribution in [0.15, 0.2) is 24.3 Å². The van der Waals surface area contributed by atoms with Crippen LogP contribution in [-0.2, 0) is 6.54 Å². The van der Waals surface area contributed by atoms with Crippen LogP contribution in [0.1, 0.15) is 32.8 Å². The van der Waals surface area contributed by atoms with E-state index in [-0.39, 0.29) is 5.54 Å². The lowest BCUT2D eigenvalue weighted by Gasteiger charge is -2.26. The second-order valence-corrected chi connectivity index (χ2v) is 5.75. The number of methoxy groups -OCH3 is 1. The van der Waals surface area contributed by atoms with Crippen molar-refractivity contribution in [3.05, 3.63) is 29.8 Å². The van der Waals surface area contributed by atoms with Gasteiger partial charge in [-0.05, 0) is 45.0 Å². The molecular formula is C16H28N2O. The molecule has 0 saturated heterocycles. The summed E-state index contributed by atoms with van der Waals surface area (Å²) in [5.41, 5.74) is 1.55. The molecule has 0 heterocycles. The molecule has 108 valence electrons. The molecule has 0 radical (unpaired) electrons. The average molecular weight is 264 g/mol. The summed E-state index contributed by atoms with van der Waals surface area (Å²) in [5, 5.41) is 3.58.